The second-order valence-electron chi connectivity index (χ2n) is 3.80. The van der Waals surface area contributed by atoms with Crippen LogP contribution in [0.15, 0.2) is 12.1 Å². The monoisotopic (exact) mass is 274 g/mol. The van der Waals surface area contributed by atoms with Crippen LogP contribution in [0.5, 0.6) is 0 Å². The second kappa shape index (κ2) is 6.19. The van der Waals surface area contributed by atoms with Crippen molar-refractivity contribution in [3.05, 3.63) is 39.4 Å². The van der Waals surface area contributed by atoms with Crippen LogP contribution in [0.1, 0.15) is 23.7 Å². The Morgan fingerprint density at radius 1 is 1.47 bits per heavy atom. The summed E-state index contributed by atoms with van der Waals surface area (Å²) in [5, 5.41) is 21.9. The van der Waals surface area contributed by atoms with Crippen LogP contribution < -0.4 is 5.32 Å². The molecule has 0 saturated heterocycles. The quantitative estimate of drug-likeness (QED) is 0.626. The highest BCUT2D eigenvalue weighted by Crippen LogP contribution is 2.22. The third-order valence-corrected chi connectivity index (χ3v) is 2.53. The van der Waals surface area contributed by atoms with Gasteiger partial charge in [0, 0.05) is 0 Å². The van der Waals surface area contributed by atoms with E-state index in [2.05, 4.69) is 5.32 Å². The molecule has 2 N–H and O–H groups in total. The topological polar surface area (TPSA) is 92.5 Å². The van der Waals surface area contributed by atoms with Crippen molar-refractivity contribution in [2.45, 2.75) is 19.4 Å². The Hall–Kier alpha value is -2.09. The molecule has 0 radical (unpaired) electrons. The van der Waals surface area contributed by atoms with Crippen molar-refractivity contribution >= 4 is 11.6 Å². The van der Waals surface area contributed by atoms with E-state index in [1.807, 2.05) is 0 Å². The van der Waals surface area contributed by atoms with Crippen LogP contribution in [0.2, 0.25) is 0 Å². The molecule has 0 spiro atoms. The molecular formula is C11H12F2N2O4. The Balaban J connectivity index is 3.14. The maximum Gasteiger partial charge on any atom is 0.285 e. The molecule has 0 aliphatic heterocycles. The highest BCUT2D eigenvalue weighted by atomic mass is 19.2. The van der Waals surface area contributed by atoms with Crippen LogP contribution in [0.3, 0.4) is 0 Å². The van der Waals surface area contributed by atoms with Gasteiger partial charge in [0.1, 0.15) is 5.56 Å². The van der Waals surface area contributed by atoms with E-state index in [1.54, 1.807) is 6.92 Å². The van der Waals surface area contributed by atoms with E-state index in [9.17, 15) is 23.7 Å². The van der Waals surface area contributed by atoms with Gasteiger partial charge in [-0.05, 0) is 12.5 Å². The smallest absolute Gasteiger partial charge is 0.285 e. The van der Waals surface area contributed by atoms with E-state index >= 15 is 0 Å². The number of rotatable bonds is 5. The van der Waals surface area contributed by atoms with Crippen LogP contribution in [0.25, 0.3) is 0 Å². The molecular weight excluding hydrogens is 262 g/mol. The van der Waals surface area contributed by atoms with Gasteiger partial charge >= 0.3 is 0 Å². The van der Waals surface area contributed by atoms with Crippen molar-refractivity contribution in [3.63, 3.8) is 0 Å². The normalized spacial score (nSPS) is 12.0. The Bertz CT molecular complexity index is 504. The van der Waals surface area contributed by atoms with Crippen LogP contribution in [0, 0.1) is 21.7 Å². The lowest BCUT2D eigenvalue weighted by atomic mass is 10.1. The molecule has 0 aromatic heterocycles. The van der Waals surface area contributed by atoms with Gasteiger partial charge in [-0.15, -0.1) is 0 Å². The molecule has 0 saturated carbocycles. The minimum absolute atomic E-state index is 0.351. The fourth-order valence-electron chi connectivity index (χ4n) is 1.41. The van der Waals surface area contributed by atoms with Crippen LogP contribution in [-0.2, 0) is 0 Å². The van der Waals surface area contributed by atoms with Gasteiger partial charge in [-0.25, -0.2) is 8.78 Å². The maximum atomic E-state index is 13.1. The van der Waals surface area contributed by atoms with Crippen LogP contribution in [-0.4, -0.2) is 28.6 Å². The first kappa shape index (κ1) is 15.0. The summed E-state index contributed by atoms with van der Waals surface area (Å²) in [7, 11) is 0. The molecule has 1 aromatic rings. The first-order valence-electron chi connectivity index (χ1n) is 5.45. The average molecular weight is 274 g/mol. The van der Waals surface area contributed by atoms with E-state index in [0.29, 0.717) is 18.6 Å². The zero-order chi connectivity index (χ0) is 14.6. The molecule has 1 amide bonds. The van der Waals surface area contributed by atoms with Gasteiger partial charge in [0.25, 0.3) is 11.6 Å². The second-order valence-corrected chi connectivity index (χ2v) is 3.80. The predicted molar refractivity (Wildman–Crippen MR) is 61.6 cm³/mol. The highest BCUT2D eigenvalue weighted by molar-refractivity contribution is 5.98. The van der Waals surface area contributed by atoms with Crippen molar-refractivity contribution in [3.8, 4) is 0 Å². The predicted octanol–water partition coefficient (Wildman–Crippen LogP) is 1.37. The minimum atomic E-state index is -1.41. The summed E-state index contributed by atoms with van der Waals surface area (Å²) >= 11 is 0. The van der Waals surface area contributed by atoms with E-state index in [4.69, 9.17) is 5.11 Å². The summed E-state index contributed by atoms with van der Waals surface area (Å²) < 4.78 is 26.0. The summed E-state index contributed by atoms with van der Waals surface area (Å²) in [6, 6.07) is 0.206. The molecule has 0 aliphatic rings. The summed E-state index contributed by atoms with van der Waals surface area (Å²) in [6.45, 7) is 1.32. The summed E-state index contributed by atoms with van der Waals surface area (Å²) in [4.78, 5) is 21.5. The number of nitro groups is 1. The van der Waals surface area contributed by atoms with Gasteiger partial charge in [0.15, 0.2) is 11.6 Å². The molecule has 8 heteroatoms. The number of aliphatic hydroxyl groups is 1. The Morgan fingerprint density at radius 3 is 2.53 bits per heavy atom. The lowest BCUT2D eigenvalue weighted by molar-refractivity contribution is -0.385. The third-order valence-electron chi connectivity index (χ3n) is 2.53. The zero-order valence-corrected chi connectivity index (χ0v) is 10.0. The molecule has 0 unspecified atom stereocenters. The van der Waals surface area contributed by atoms with Gasteiger partial charge in [-0.2, -0.15) is 0 Å². The minimum Gasteiger partial charge on any atom is -0.394 e. The fourth-order valence-corrected chi connectivity index (χ4v) is 1.41. The van der Waals surface area contributed by atoms with E-state index < -0.39 is 39.8 Å². The molecule has 19 heavy (non-hydrogen) atoms. The van der Waals surface area contributed by atoms with Crippen molar-refractivity contribution in [1.82, 2.24) is 5.32 Å². The van der Waals surface area contributed by atoms with Gasteiger partial charge in [0.2, 0.25) is 0 Å². The number of hydrogen-bond donors (Lipinski definition) is 2. The number of halogens is 2. The largest absolute Gasteiger partial charge is 0.394 e. The summed E-state index contributed by atoms with van der Waals surface area (Å²) in [6.07, 6.45) is 0.389. The van der Waals surface area contributed by atoms with E-state index in [-0.39, 0.29) is 6.61 Å². The standard InChI is InChI=1S/C11H12F2N2O4/c1-2-6(5-16)14-11(17)7-3-8(12)9(13)4-10(7)15(18)19/h3-4,6,16H,2,5H2,1H3,(H,14,17)/t6-/m0/s1. The molecule has 104 valence electrons. The number of carbonyl (C=O) groups is 1. The van der Waals surface area contributed by atoms with Gasteiger partial charge in [-0.1, -0.05) is 6.92 Å². The van der Waals surface area contributed by atoms with Crippen molar-refractivity contribution in [2.24, 2.45) is 0 Å². The molecule has 0 aliphatic carbocycles. The number of nitro benzene ring substituents is 1. The molecule has 0 fully saturated rings. The lowest BCUT2D eigenvalue weighted by Crippen LogP contribution is -2.37. The lowest BCUT2D eigenvalue weighted by Gasteiger charge is -2.14. The fraction of sp³-hybridized carbons (Fsp3) is 0.364. The first-order valence-corrected chi connectivity index (χ1v) is 5.45. The third kappa shape index (κ3) is 3.44. The number of benzene rings is 1. The molecule has 6 nitrogen and oxygen atoms in total. The van der Waals surface area contributed by atoms with Crippen molar-refractivity contribution in [2.75, 3.05) is 6.61 Å². The molecule has 1 rings (SSSR count). The van der Waals surface area contributed by atoms with E-state index in [1.165, 1.54) is 0 Å². The molecule has 1 atom stereocenters. The SMILES string of the molecule is CC[C@@H](CO)NC(=O)c1cc(F)c(F)cc1[N+](=O)[O-]. The molecule has 0 bridgehead atoms. The number of carbonyl (C=O) groups excluding carboxylic acids is 1. The van der Waals surface area contributed by atoms with Crippen LogP contribution in [0.4, 0.5) is 14.5 Å². The maximum absolute atomic E-state index is 13.1. The first-order chi connectivity index (χ1) is 8.90. The number of amides is 1. The number of hydrogen-bond acceptors (Lipinski definition) is 4. The van der Waals surface area contributed by atoms with Gasteiger partial charge < -0.3 is 10.4 Å². The van der Waals surface area contributed by atoms with Crippen molar-refractivity contribution in [1.29, 1.82) is 0 Å². The number of nitrogens with zero attached hydrogens (tertiary/aromatic N) is 1. The average Bonchev–Trinajstić information content (AvgIpc) is 2.37. The zero-order valence-electron chi connectivity index (χ0n) is 10.0. The van der Waals surface area contributed by atoms with Gasteiger partial charge in [0.05, 0.1) is 23.6 Å². The highest BCUT2D eigenvalue weighted by Gasteiger charge is 2.24. The van der Waals surface area contributed by atoms with Crippen molar-refractivity contribution < 1.29 is 23.6 Å². The molecule has 0 heterocycles. The van der Waals surface area contributed by atoms with Crippen LogP contribution >= 0.6 is 0 Å². The Labute approximate surface area is 107 Å². The number of nitrogens with one attached hydrogen (secondary N) is 1. The summed E-state index contributed by atoms with van der Waals surface area (Å²) in [5.41, 5.74) is -1.42. The Morgan fingerprint density at radius 2 is 2.05 bits per heavy atom. The Kier molecular flexibility index (Phi) is 4.87. The van der Waals surface area contributed by atoms with E-state index in [0.717, 1.165) is 0 Å². The summed E-state index contributed by atoms with van der Waals surface area (Å²) in [5.74, 6) is -3.70. The molecule has 1 aromatic carbocycles. The number of aliphatic hydroxyl groups excluding tert-OH is 1. The van der Waals surface area contributed by atoms with Gasteiger partial charge in [-0.3, -0.25) is 14.9 Å².